The van der Waals surface area contributed by atoms with Gasteiger partial charge >= 0.3 is 0 Å². The Morgan fingerprint density at radius 2 is 2.12 bits per heavy atom. The van der Waals surface area contributed by atoms with Gasteiger partial charge in [-0.1, -0.05) is 12.1 Å². The Labute approximate surface area is 150 Å². The molecule has 0 saturated heterocycles. The van der Waals surface area contributed by atoms with E-state index in [2.05, 4.69) is 36.5 Å². The van der Waals surface area contributed by atoms with E-state index in [1.54, 1.807) is 21.9 Å². The lowest BCUT2D eigenvalue weighted by atomic mass is 10.2. The zero-order valence-electron chi connectivity index (χ0n) is 14.5. The molecule has 3 heterocycles. The number of aryl methyl sites for hydroxylation is 2. The third kappa shape index (κ3) is 3.30. The molecule has 0 aliphatic carbocycles. The van der Waals surface area contributed by atoms with Gasteiger partial charge in [0.05, 0.1) is 17.1 Å². The molecule has 0 amide bonds. The van der Waals surface area contributed by atoms with Crippen LogP contribution in [-0.2, 0) is 13.6 Å². The topological polar surface area (TPSA) is 86.3 Å². The molecule has 0 spiro atoms. The van der Waals surface area contributed by atoms with E-state index >= 15 is 0 Å². The van der Waals surface area contributed by atoms with Crippen molar-refractivity contribution in [2.45, 2.75) is 13.5 Å². The average molecular weight is 346 g/mol. The summed E-state index contributed by atoms with van der Waals surface area (Å²) in [6.45, 7) is 2.58. The number of anilines is 1. The van der Waals surface area contributed by atoms with Gasteiger partial charge in [0.2, 0.25) is 5.95 Å². The van der Waals surface area contributed by atoms with Crippen LogP contribution in [0.1, 0.15) is 11.3 Å². The first-order chi connectivity index (χ1) is 12.7. The summed E-state index contributed by atoms with van der Waals surface area (Å²) < 4.78 is 3.52. The second-order valence-corrected chi connectivity index (χ2v) is 5.93. The van der Waals surface area contributed by atoms with Crippen LogP contribution in [0.4, 0.5) is 5.95 Å². The quantitative estimate of drug-likeness (QED) is 0.597. The summed E-state index contributed by atoms with van der Waals surface area (Å²) in [7, 11) is 1.90. The van der Waals surface area contributed by atoms with Gasteiger partial charge in [-0.3, -0.25) is 4.68 Å². The van der Waals surface area contributed by atoms with Crippen LogP contribution in [0, 0.1) is 6.92 Å². The second-order valence-electron chi connectivity index (χ2n) is 5.93. The van der Waals surface area contributed by atoms with Crippen molar-refractivity contribution in [1.82, 2.24) is 34.5 Å². The van der Waals surface area contributed by atoms with Gasteiger partial charge in [-0.05, 0) is 30.7 Å². The molecule has 0 atom stereocenters. The summed E-state index contributed by atoms with van der Waals surface area (Å²) in [6.07, 6.45) is 6.91. The Balaban J connectivity index is 1.51. The highest BCUT2D eigenvalue weighted by Gasteiger charge is 2.09. The summed E-state index contributed by atoms with van der Waals surface area (Å²) in [4.78, 5) is 12.9. The molecule has 8 heteroatoms. The minimum absolute atomic E-state index is 0.580. The minimum Gasteiger partial charge on any atom is -0.350 e. The van der Waals surface area contributed by atoms with Crippen LogP contribution >= 0.6 is 0 Å². The maximum atomic E-state index is 4.60. The van der Waals surface area contributed by atoms with Crippen molar-refractivity contribution < 1.29 is 0 Å². The van der Waals surface area contributed by atoms with E-state index in [1.165, 1.54) is 6.33 Å². The van der Waals surface area contributed by atoms with Gasteiger partial charge in [0.15, 0.2) is 0 Å². The first-order valence-corrected chi connectivity index (χ1v) is 8.20. The molecular formula is C18H18N8. The van der Waals surface area contributed by atoms with Gasteiger partial charge in [-0.25, -0.2) is 19.6 Å². The Hall–Kier alpha value is -3.55. The summed E-state index contributed by atoms with van der Waals surface area (Å²) >= 11 is 0. The van der Waals surface area contributed by atoms with E-state index in [9.17, 15) is 0 Å². The van der Waals surface area contributed by atoms with Gasteiger partial charge in [-0.2, -0.15) is 10.2 Å². The summed E-state index contributed by atoms with van der Waals surface area (Å²) in [5.74, 6) is 0.580. The number of hydrogen-bond donors (Lipinski definition) is 1. The van der Waals surface area contributed by atoms with E-state index < -0.39 is 0 Å². The molecule has 1 aromatic carbocycles. The summed E-state index contributed by atoms with van der Waals surface area (Å²) in [6, 6.07) is 9.96. The predicted molar refractivity (Wildman–Crippen MR) is 97.7 cm³/mol. The molecule has 130 valence electrons. The molecule has 0 saturated carbocycles. The van der Waals surface area contributed by atoms with Crippen LogP contribution in [0.5, 0.6) is 0 Å². The Kier molecular flexibility index (Phi) is 4.14. The average Bonchev–Trinajstić information content (AvgIpc) is 3.30. The zero-order valence-corrected chi connectivity index (χ0v) is 14.5. The smallest absolute Gasteiger partial charge is 0.223 e. The molecule has 0 radical (unpaired) electrons. The normalized spacial score (nSPS) is 10.8. The van der Waals surface area contributed by atoms with E-state index in [4.69, 9.17) is 0 Å². The maximum Gasteiger partial charge on any atom is 0.223 e. The molecule has 0 unspecified atom stereocenters. The van der Waals surface area contributed by atoms with Crippen molar-refractivity contribution in [2.24, 2.45) is 7.05 Å². The fourth-order valence-corrected chi connectivity index (χ4v) is 2.78. The number of hydrogen-bond acceptors (Lipinski definition) is 6. The third-order valence-corrected chi connectivity index (χ3v) is 3.99. The van der Waals surface area contributed by atoms with Crippen LogP contribution < -0.4 is 5.32 Å². The zero-order chi connectivity index (χ0) is 17.9. The van der Waals surface area contributed by atoms with E-state index in [0.29, 0.717) is 12.5 Å². The van der Waals surface area contributed by atoms with Gasteiger partial charge in [0.1, 0.15) is 12.7 Å². The summed E-state index contributed by atoms with van der Waals surface area (Å²) in [5.41, 5.74) is 4.86. The van der Waals surface area contributed by atoms with Crippen molar-refractivity contribution >= 4 is 5.95 Å². The van der Waals surface area contributed by atoms with Crippen molar-refractivity contribution in [1.29, 1.82) is 0 Å². The van der Waals surface area contributed by atoms with E-state index in [-0.39, 0.29) is 0 Å². The predicted octanol–water partition coefficient (Wildman–Crippen LogP) is 2.38. The molecule has 0 fully saturated rings. The number of aromatic nitrogens is 7. The lowest BCUT2D eigenvalue weighted by molar-refractivity contribution is 0.756. The Morgan fingerprint density at radius 3 is 2.88 bits per heavy atom. The van der Waals surface area contributed by atoms with Gasteiger partial charge < -0.3 is 5.32 Å². The highest BCUT2D eigenvalue weighted by atomic mass is 15.3. The molecule has 8 nitrogen and oxygen atoms in total. The second kappa shape index (κ2) is 6.75. The largest absolute Gasteiger partial charge is 0.350 e. The van der Waals surface area contributed by atoms with E-state index in [1.807, 2.05) is 44.4 Å². The van der Waals surface area contributed by atoms with Gasteiger partial charge in [-0.15, -0.1) is 0 Å². The van der Waals surface area contributed by atoms with Gasteiger partial charge in [0, 0.05) is 31.5 Å². The first-order valence-electron chi connectivity index (χ1n) is 8.20. The number of nitrogens with zero attached hydrogens (tertiary/aromatic N) is 7. The Morgan fingerprint density at radius 1 is 1.19 bits per heavy atom. The molecule has 3 aromatic heterocycles. The molecule has 4 aromatic rings. The van der Waals surface area contributed by atoms with Crippen LogP contribution in [0.25, 0.3) is 16.9 Å². The fourth-order valence-electron chi connectivity index (χ4n) is 2.78. The minimum atomic E-state index is 0.580. The first kappa shape index (κ1) is 15.9. The van der Waals surface area contributed by atoms with Crippen molar-refractivity contribution in [3.63, 3.8) is 0 Å². The molecule has 26 heavy (non-hydrogen) atoms. The van der Waals surface area contributed by atoms with E-state index in [0.717, 1.165) is 28.2 Å². The summed E-state index contributed by atoms with van der Waals surface area (Å²) in [5, 5.41) is 11.8. The number of rotatable bonds is 5. The van der Waals surface area contributed by atoms with Crippen LogP contribution in [0.15, 0.2) is 55.4 Å². The standard InChI is InChI=1S/C18H18N8/c1-13-16(10-25(2)24-13)17-6-7-20-18(23-17)21-9-14-4-3-5-15(8-14)26-12-19-11-22-26/h3-8,10-12H,9H2,1-2H3,(H,20,21,23). The lowest BCUT2D eigenvalue weighted by Crippen LogP contribution is -2.05. The molecule has 4 rings (SSSR count). The van der Waals surface area contributed by atoms with Crippen molar-refractivity contribution in [2.75, 3.05) is 5.32 Å². The number of nitrogens with one attached hydrogen (secondary N) is 1. The monoisotopic (exact) mass is 346 g/mol. The highest BCUT2D eigenvalue weighted by molar-refractivity contribution is 5.61. The fraction of sp³-hybridized carbons (Fsp3) is 0.167. The third-order valence-electron chi connectivity index (χ3n) is 3.99. The van der Waals surface area contributed by atoms with Crippen LogP contribution in [-0.4, -0.2) is 34.5 Å². The highest BCUT2D eigenvalue weighted by Crippen LogP contribution is 2.20. The lowest BCUT2D eigenvalue weighted by Gasteiger charge is -2.08. The SMILES string of the molecule is Cc1nn(C)cc1-c1ccnc(NCc2cccc(-n3cncn3)c2)n1. The molecule has 0 bridgehead atoms. The van der Waals surface area contributed by atoms with Crippen LogP contribution in [0.3, 0.4) is 0 Å². The molecule has 0 aliphatic rings. The maximum absolute atomic E-state index is 4.60. The van der Waals surface area contributed by atoms with Gasteiger partial charge in [0.25, 0.3) is 0 Å². The molecule has 1 N–H and O–H groups in total. The van der Waals surface area contributed by atoms with Crippen molar-refractivity contribution in [3.8, 4) is 16.9 Å². The van der Waals surface area contributed by atoms with Crippen LogP contribution in [0.2, 0.25) is 0 Å². The number of benzene rings is 1. The molecular weight excluding hydrogens is 328 g/mol. The van der Waals surface area contributed by atoms with Crippen molar-refractivity contribution in [3.05, 3.63) is 66.6 Å². The molecule has 0 aliphatic heterocycles. The Bertz CT molecular complexity index is 1020.